The van der Waals surface area contributed by atoms with E-state index in [2.05, 4.69) is 16.9 Å². The van der Waals surface area contributed by atoms with Gasteiger partial charge in [0.2, 0.25) is 5.91 Å². The second-order valence-corrected chi connectivity index (χ2v) is 5.97. The number of benzene rings is 1. The standard InChI is InChI=1S/C16H21N3OS/c1-2-8-21-9-7-18-16(20)14(17)10-12-11-19-15-6-4-3-5-13(12)15/h2-6,11,14,19H,1,7-10,17H2,(H,18,20)/t14-/m1/s1. The predicted octanol–water partition coefficient (Wildman–Crippen LogP) is 2.07. The van der Waals surface area contributed by atoms with E-state index in [1.807, 2.05) is 36.5 Å². The second-order valence-electron chi connectivity index (χ2n) is 4.82. The van der Waals surface area contributed by atoms with Gasteiger partial charge < -0.3 is 16.0 Å². The summed E-state index contributed by atoms with van der Waals surface area (Å²) in [4.78, 5) is 15.2. The number of para-hydroxylation sites is 1. The van der Waals surface area contributed by atoms with E-state index in [0.717, 1.165) is 28.0 Å². The lowest BCUT2D eigenvalue weighted by Gasteiger charge is -2.11. The Morgan fingerprint density at radius 3 is 3.10 bits per heavy atom. The topological polar surface area (TPSA) is 70.9 Å². The highest BCUT2D eigenvalue weighted by Crippen LogP contribution is 2.18. The van der Waals surface area contributed by atoms with E-state index < -0.39 is 6.04 Å². The summed E-state index contributed by atoms with van der Waals surface area (Å²) in [5.41, 5.74) is 8.14. The molecule has 0 radical (unpaired) electrons. The predicted molar refractivity (Wildman–Crippen MR) is 90.5 cm³/mol. The van der Waals surface area contributed by atoms with Crippen LogP contribution >= 0.6 is 11.8 Å². The Balaban J connectivity index is 1.84. The van der Waals surface area contributed by atoms with E-state index in [1.165, 1.54) is 0 Å². The van der Waals surface area contributed by atoms with Crippen LogP contribution in [0.1, 0.15) is 5.56 Å². The zero-order chi connectivity index (χ0) is 15.1. The lowest BCUT2D eigenvalue weighted by atomic mass is 10.1. The first-order valence-corrected chi connectivity index (χ1v) is 8.14. The van der Waals surface area contributed by atoms with Gasteiger partial charge in [-0.25, -0.2) is 0 Å². The Morgan fingerprint density at radius 2 is 2.29 bits per heavy atom. The minimum Gasteiger partial charge on any atom is -0.361 e. The second kappa shape index (κ2) is 7.90. The molecule has 0 aliphatic carbocycles. The quantitative estimate of drug-likeness (QED) is 0.516. The fourth-order valence-corrected chi connectivity index (χ4v) is 2.75. The van der Waals surface area contributed by atoms with Gasteiger partial charge in [0, 0.05) is 35.2 Å². The molecule has 21 heavy (non-hydrogen) atoms. The lowest BCUT2D eigenvalue weighted by Crippen LogP contribution is -2.42. The van der Waals surface area contributed by atoms with Crippen LogP contribution in [0.15, 0.2) is 43.1 Å². The molecule has 0 fully saturated rings. The first-order valence-electron chi connectivity index (χ1n) is 6.99. The summed E-state index contributed by atoms with van der Waals surface area (Å²) in [7, 11) is 0. The van der Waals surface area contributed by atoms with Crippen molar-refractivity contribution in [1.82, 2.24) is 10.3 Å². The molecule has 0 saturated carbocycles. The normalized spacial score (nSPS) is 12.2. The van der Waals surface area contributed by atoms with Gasteiger partial charge in [0.05, 0.1) is 6.04 Å². The molecular formula is C16H21N3OS. The van der Waals surface area contributed by atoms with Gasteiger partial charge in [-0.05, 0) is 18.1 Å². The van der Waals surface area contributed by atoms with E-state index in [-0.39, 0.29) is 5.91 Å². The fraction of sp³-hybridized carbons (Fsp3) is 0.312. The van der Waals surface area contributed by atoms with Crippen molar-refractivity contribution in [3.8, 4) is 0 Å². The van der Waals surface area contributed by atoms with Crippen LogP contribution in [-0.4, -0.2) is 35.0 Å². The maximum atomic E-state index is 12.0. The fourth-order valence-electron chi connectivity index (χ4n) is 2.17. The molecule has 4 nitrogen and oxygen atoms in total. The van der Waals surface area contributed by atoms with Crippen molar-refractivity contribution >= 4 is 28.6 Å². The SMILES string of the molecule is C=CCSCCNC(=O)[C@H](N)Cc1c[nH]c2ccccc12. The van der Waals surface area contributed by atoms with Crippen molar-refractivity contribution in [3.63, 3.8) is 0 Å². The molecule has 0 aliphatic rings. The monoisotopic (exact) mass is 303 g/mol. The number of amides is 1. The third kappa shape index (κ3) is 4.37. The zero-order valence-electron chi connectivity index (χ0n) is 12.0. The first kappa shape index (κ1) is 15.7. The number of H-pyrrole nitrogens is 1. The van der Waals surface area contributed by atoms with Crippen molar-refractivity contribution in [2.45, 2.75) is 12.5 Å². The van der Waals surface area contributed by atoms with Crippen molar-refractivity contribution in [2.24, 2.45) is 5.73 Å². The lowest BCUT2D eigenvalue weighted by molar-refractivity contribution is -0.122. The van der Waals surface area contributed by atoms with E-state index in [0.29, 0.717) is 13.0 Å². The summed E-state index contributed by atoms with van der Waals surface area (Å²) in [6, 6.07) is 7.51. The van der Waals surface area contributed by atoms with Crippen LogP contribution in [0.4, 0.5) is 0 Å². The summed E-state index contributed by atoms with van der Waals surface area (Å²) in [5, 5.41) is 4.00. The molecule has 5 heteroatoms. The summed E-state index contributed by atoms with van der Waals surface area (Å²) in [6.45, 7) is 4.29. The average Bonchev–Trinajstić information content (AvgIpc) is 2.90. The van der Waals surface area contributed by atoms with Crippen LogP contribution in [0.2, 0.25) is 0 Å². The Kier molecular flexibility index (Phi) is 5.90. The molecule has 1 aromatic carbocycles. The zero-order valence-corrected chi connectivity index (χ0v) is 12.8. The Morgan fingerprint density at radius 1 is 1.48 bits per heavy atom. The molecule has 0 saturated heterocycles. The average molecular weight is 303 g/mol. The molecule has 1 atom stereocenters. The Hall–Kier alpha value is -1.72. The summed E-state index contributed by atoms with van der Waals surface area (Å²) < 4.78 is 0. The highest BCUT2D eigenvalue weighted by Gasteiger charge is 2.15. The van der Waals surface area contributed by atoms with Crippen LogP contribution in [0.25, 0.3) is 10.9 Å². The molecule has 2 rings (SSSR count). The van der Waals surface area contributed by atoms with E-state index >= 15 is 0 Å². The maximum absolute atomic E-state index is 12.0. The van der Waals surface area contributed by atoms with Crippen molar-refractivity contribution in [1.29, 1.82) is 0 Å². The van der Waals surface area contributed by atoms with Gasteiger partial charge >= 0.3 is 0 Å². The smallest absolute Gasteiger partial charge is 0.237 e. The van der Waals surface area contributed by atoms with E-state index in [4.69, 9.17) is 5.73 Å². The van der Waals surface area contributed by atoms with Gasteiger partial charge in [0.1, 0.15) is 0 Å². The molecule has 112 valence electrons. The molecular weight excluding hydrogens is 282 g/mol. The Bertz CT molecular complexity index is 608. The van der Waals surface area contributed by atoms with E-state index in [1.54, 1.807) is 11.8 Å². The number of carbonyl (C=O) groups is 1. The van der Waals surface area contributed by atoms with Crippen LogP contribution in [0.3, 0.4) is 0 Å². The molecule has 2 aromatic rings. The Labute approximate surface area is 129 Å². The minimum atomic E-state index is -0.520. The summed E-state index contributed by atoms with van der Waals surface area (Å²) >= 11 is 1.74. The number of aromatic amines is 1. The van der Waals surface area contributed by atoms with Gasteiger partial charge in [0.15, 0.2) is 0 Å². The highest BCUT2D eigenvalue weighted by atomic mass is 32.2. The molecule has 1 aromatic heterocycles. The van der Waals surface area contributed by atoms with Crippen molar-refractivity contribution in [3.05, 3.63) is 48.7 Å². The van der Waals surface area contributed by atoms with E-state index in [9.17, 15) is 4.79 Å². The molecule has 0 unspecified atom stereocenters. The van der Waals surface area contributed by atoms with Crippen LogP contribution < -0.4 is 11.1 Å². The molecule has 1 heterocycles. The van der Waals surface area contributed by atoms with Crippen molar-refractivity contribution < 1.29 is 4.79 Å². The highest BCUT2D eigenvalue weighted by molar-refractivity contribution is 7.99. The number of nitrogens with two attached hydrogens (primary N) is 1. The number of hydrogen-bond donors (Lipinski definition) is 3. The number of hydrogen-bond acceptors (Lipinski definition) is 3. The van der Waals surface area contributed by atoms with Gasteiger partial charge in [-0.1, -0.05) is 24.3 Å². The van der Waals surface area contributed by atoms with Gasteiger partial charge in [-0.2, -0.15) is 11.8 Å². The van der Waals surface area contributed by atoms with Crippen LogP contribution in [0.5, 0.6) is 0 Å². The third-order valence-electron chi connectivity index (χ3n) is 3.23. The number of rotatable bonds is 8. The number of thioether (sulfide) groups is 1. The molecule has 0 spiro atoms. The largest absolute Gasteiger partial charge is 0.361 e. The molecule has 4 N–H and O–H groups in total. The maximum Gasteiger partial charge on any atom is 0.237 e. The number of carbonyl (C=O) groups excluding carboxylic acids is 1. The summed E-state index contributed by atoms with van der Waals surface area (Å²) in [6.07, 6.45) is 4.32. The minimum absolute atomic E-state index is 0.0977. The van der Waals surface area contributed by atoms with Gasteiger partial charge in [-0.15, -0.1) is 6.58 Å². The van der Waals surface area contributed by atoms with Gasteiger partial charge in [0.25, 0.3) is 0 Å². The number of aromatic nitrogens is 1. The molecule has 1 amide bonds. The first-order chi connectivity index (χ1) is 10.2. The van der Waals surface area contributed by atoms with Crippen molar-refractivity contribution in [2.75, 3.05) is 18.1 Å². The van der Waals surface area contributed by atoms with Crippen LogP contribution in [-0.2, 0) is 11.2 Å². The van der Waals surface area contributed by atoms with Gasteiger partial charge in [-0.3, -0.25) is 4.79 Å². The van der Waals surface area contributed by atoms with Crippen LogP contribution in [0, 0.1) is 0 Å². The molecule has 0 aliphatic heterocycles. The summed E-state index contributed by atoms with van der Waals surface area (Å²) in [5.74, 6) is 1.67. The third-order valence-corrected chi connectivity index (χ3v) is 4.20. The molecule has 0 bridgehead atoms. The number of fused-ring (bicyclic) bond motifs is 1. The number of nitrogens with one attached hydrogen (secondary N) is 2.